The van der Waals surface area contributed by atoms with E-state index in [0.29, 0.717) is 0 Å². The molecule has 0 N–H and O–H groups in total. The lowest BCUT2D eigenvalue weighted by atomic mass is 10.1. The zero-order chi connectivity index (χ0) is 10.1. The molecule has 0 aliphatic carbocycles. The highest BCUT2D eigenvalue weighted by Crippen LogP contribution is 2.13. The topological polar surface area (TPSA) is 22.0 Å². The summed E-state index contributed by atoms with van der Waals surface area (Å²) in [6, 6.07) is 7.85. The first kappa shape index (κ1) is 12.2. The maximum Gasteiger partial charge on any atom is 0.258 e. The zero-order valence-electron chi connectivity index (χ0n) is 8.86. The summed E-state index contributed by atoms with van der Waals surface area (Å²) in [4.78, 5) is 11.9. The number of nitrogens with zero attached hydrogens (tertiary/aromatic N) is 1. The Hall–Kier alpha value is -0.840. The molecule has 0 radical (unpaired) electrons. The van der Waals surface area contributed by atoms with Gasteiger partial charge in [-0.05, 0) is 36.9 Å². The molecule has 3 heteroatoms. The zero-order valence-corrected chi connectivity index (χ0v) is 11.2. The first-order chi connectivity index (χ1) is 6.74. The SMILES string of the molecule is CCn1ccc2c(C)cccc2c1=O.I. The Kier molecular flexibility index (Phi) is 3.90. The maximum absolute atomic E-state index is 11.9. The normalized spacial score (nSPS) is 10.0. The lowest BCUT2D eigenvalue weighted by Gasteiger charge is -2.05. The van der Waals surface area contributed by atoms with Gasteiger partial charge in [0.15, 0.2) is 0 Å². The Balaban J connectivity index is 0.00000112. The van der Waals surface area contributed by atoms with Gasteiger partial charge in [0.05, 0.1) is 0 Å². The molecule has 0 aliphatic rings. The highest BCUT2D eigenvalue weighted by Gasteiger charge is 2.02. The van der Waals surface area contributed by atoms with Gasteiger partial charge in [-0.2, -0.15) is 0 Å². The highest BCUT2D eigenvalue weighted by molar-refractivity contribution is 14.0. The summed E-state index contributed by atoms with van der Waals surface area (Å²) >= 11 is 0. The third-order valence-electron chi connectivity index (χ3n) is 2.58. The van der Waals surface area contributed by atoms with Crippen molar-refractivity contribution in [1.82, 2.24) is 4.57 Å². The van der Waals surface area contributed by atoms with Gasteiger partial charge in [-0.25, -0.2) is 0 Å². The summed E-state index contributed by atoms with van der Waals surface area (Å²) in [5.41, 5.74) is 1.26. The van der Waals surface area contributed by atoms with Gasteiger partial charge < -0.3 is 4.57 Å². The third kappa shape index (κ3) is 2.07. The molecule has 15 heavy (non-hydrogen) atoms. The number of benzene rings is 1. The van der Waals surface area contributed by atoms with Crippen LogP contribution in [0.4, 0.5) is 0 Å². The average Bonchev–Trinajstić information content (AvgIpc) is 2.20. The predicted octanol–water partition coefficient (Wildman–Crippen LogP) is 2.95. The molecule has 1 heterocycles. The minimum absolute atomic E-state index is 0. The Morgan fingerprint density at radius 3 is 2.60 bits per heavy atom. The van der Waals surface area contributed by atoms with Crippen molar-refractivity contribution in [2.75, 3.05) is 0 Å². The lowest BCUT2D eigenvalue weighted by molar-refractivity contribution is 0.735. The quantitative estimate of drug-likeness (QED) is 0.742. The number of hydrogen-bond donors (Lipinski definition) is 0. The van der Waals surface area contributed by atoms with Crippen LogP contribution < -0.4 is 5.56 Å². The largest absolute Gasteiger partial charge is 0.315 e. The van der Waals surface area contributed by atoms with E-state index >= 15 is 0 Å². The number of fused-ring (bicyclic) bond motifs is 1. The minimum atomic E-state index is 0. The third-order valence-corrected chi connectivity index (χ3v) is 2.58. The van der Waals surface area contributed by atoms with E-state index in [4.69, 9.17) is 0 Å². The number of rotatable bonds is 1. The maximum atomic E-state index is 11.9. The van der Waals surface area contributed by atoms with Gasteiger partial charge in [0.2, 0.25) is 0 Å². The van der Waals surface area contributed by atoms with Gasteiger partial charge in [-0.3, -0.25) is 4.79 Å². The summed E-state index contributed by atoms with van der Waals surface area (Å²) in [5.74, 6) is 0. The molecule has 2 aromatic rings. The Morgan fingerprint density at radius 1 is 1.20 bits per heavy atom. The number of aryl methyl sites for hydroxylation is 2. The van der Waals surface area contributed by atoms with E-state index in [1.165, 1.54) is 0 Å². The van der Waals surface area contributed by atoms with Crippen LogP contribution in [0.2, 0.25) is 0 Å². The Morgan fingerprint density at radius 2 is 1.93 bits per heavy atom. The molecule has 0 bridgehead atoms. The van der Waals surface area contributed by atoms with Crippen molar-refractivity contribution in [2.45, 2.75) is 20.4 Å². The number of aromatic nitrogens is 1. The molecule has 1 aromatic heterocycles. The van der Waals surface area contributed by atoms with Crippen LogP contribution in [0, 0.1) is 6.92 Å². The Bertz CT molecular complexity index is 531. The molecule has 80 valence electrons. The van der Waals surface area contributed by atoms with E-state index in [1.807, 2.05) is 44.3 Å². The summed E-state index contributed by atoms with van der Waals surface area (Å²) in [6.45, 7) is 4.73. The van der Waals surface area contributed by atoms with Crippen molar-refractivity contribution in [2.24, 2.45) is 0 Å². The number of halogens is 1. The minimum Gasteiger partial charge on any atom is -0.315 e. The average molecular weight is 315 g/mol. The fraction of sp³-hybridized carbons (Fsp3) is 0.250. The first-order valence-corrected chi connectivity index (χ1v) is 4.83. The van der Waals surface area contributed by atoms with Crippen molar-refractivity contribution in [1.29, 1.82) is 0 Å². The summed E-state index contributed by atoms with van der Waals surface area (Å²) in [7, 11) is 0. The number of pyridine rings is 1. The Labute approximate surface area is 106 Å². The van der Waals surface area contributed by atoms with Crippen LogP contribution in [-0.2, 0) is 6.54 Å². The molecular formula is C12H14INO. The van der Waals surface area contributed by atoms with E-state index in [1.54, 1.807) is 4.57 Å². The molecule has 0 saturated heterocycles. The monoisotopic (exact) mass is 315 g/mol. The molecule has 2 nitrogen and oxygen atoms in total. The van der Waals surface area contributed by atoms with E-state index in [0.717, 1.165) is 22.9 Å². The smallest absolute Gasteiger partial charge is 0.258 e. The second-order valence-electron chi connectivity index (χ2n) is 3.44. The van der Waals surface area contributed by atoms with E-state index in [-0.39, 0.29) is 29.5 Å². The molecule has 0 atom stereocenters. The van der Waals surface area contributed by atoms with Crippen LogP contribution in [0.5, 0.6) is 0 Å². The van der Waals surface area contributed by atoms with Crippen LogP contribution in [0.15, 0.2) is 35.3 Å². The van der Waals surface area contributed by atoms with Gasteiger partial charge in [0, 0.05) is 18.1 Å². The van der Waals surface area contributed by atoms with Gasteiger partial charge in [-0.15, -0.1) is 24.0 Å². The van der Waals surface area contributed by atoms with Crippen LogP contribution in [0.1, 0.15) is 12.5 Å². The van der Waals surface area contributed by atoms with Gasteiger partial charge in [0.25, 0.3) is 5.56 Å². The number of hydrogen-bond acceptors (Lipinski definition) is 1. The van der Waals surface area contributed by atoms with Crippen molar-refractivity contribution >= 4 is 34.7 Å². The van der Waals surface area contributed by atoms with Crippen LogP contribution in [0.3, 0.4) is 0 Å². The summed E-state index contributed by atoms with van der Waals surface area (Å²) in [6.07, 6.45) is 1.86. The molecule has 0 fully saturated rings. The second kappa shape index (κ2) is 4.79. The molecular weight excluding hydrogens is 301 g/mol. The first-order valence-electron chi connectivity index (χ1n) is 4.83. The van der Waals surface area contributed by atoms with Gasteiger partial charge in [0.1, 0.15) is 0 Å². The fourth-order valence-electron chi connectivity index (χ4n) is 1.72. The van der Waals surface area contributed by atoms with Crippen molar-refractivity contribution < 1.29 is 0 Å². The van der Waals surface area contributed by atoms with E-state index in [9.17, 15) is 4.79 Å². The van der Waals surface area contributed by atoms with Gasteiger partial charge >= 0.3 is 0 Å². The van der Waals surface area contributed by atoms with Crippen LogP contribution in [0.25, 0.3) is 10.8 Å². The highest BCUT2D eigenvalue weighted by atomic mass is 127. The molecule has 0 aliphatic heterocycles. The predicted molar refractivity (Wildman–Crippen MR) is 74.0 cm³/mol. The molecule has 2 rings (SSSR count). The van der Waals surface area contributed by atoms with E-state index < -0.39 is 0 Å². The fourth-order valence-corrected chi connectivity index (χ4v) is 1.72. The lowest BCUT2D eigenvalue weighted by Crippen LogP contribution is -2.18. The van der Waals surface area contributed by atoms with Crippen molar-refractivity contribution in [3.05, 3.63) is 46.4 Å². The second-order valence-corrected chi connectivity index (χ2v) is 3.44. The molecule has 0 unspecified atom stereocenters. The van der Waals surface area contributed by atoms with Crippen molar-refractivity contribution in [3.8, 4) is 0 Å². The molecule has 0 spiro atoms. The van der Waals surface area contributed by atoms with Gasteiger partial charge in [-0.1, -0.05) is 12.1 Å². The van der Waals surface area contributed by atoms with E-state index in [2.05, 4.69) is 0 Å². The van der Waals surface area contributed by atoms with Crippen LogP contribution in [-0.4, -0.2) is 4.57 Å². The summed E-state index contributed by atoms with van der Waals surface area (Å²) < 4.78 is 1.72. The molecule has 0 saturated carbocycles. The standard InChI is InChI=1S/C12H13NO.HI/c1-3-13-8-7-10-9(2)5-4-6-11(10)12(13)14;/h4-8H,3H2,1-2H3;1H. The molecule has 1 aromatic carbocycles. The van der Waals surface area contributed by atoms with Crippen molar-refractivity contribution in [3.63, 3.8) is 0 Å². The van der Waals surface area contributed by atoms with Crippen LogP contribution >= 0.6 is 24.0 Å². The molecule has 0 amide bonds. The summed E-state index contributed by atoms with van der Waals surface area (Å²) in [5, 5.41) is 1.87.